The number of pyridine rings is 1. The molecule has 3 aromatic rings. The van der Waals surface area contributed by atoms with E-state index in [1.165, 1.54) is 5.56 Å². The lowest BCUT2D eigenvalue weighted by Gasteiger charge is -2.24. The third-order valence-corrected chi connectivity index (χ3v) is 3.46. The molecule has 21 heavy (non-hydrogen) atoms. The maximum Gasteiger partial charge on any atom is 0.114 e. The van der Waals surface area contributed by atoms with Crippen molar-refractivity contribution in [3.8, 4) is 0 Å². The van der Waals surface area contributed by atoms with Crippen molar-refractivity contribution in [1.82, 2.24) is 4.98 Å². The minimum atomic E-state index is 0.730. The van der Waals surface area contributed by atoms with Crippen LogP contribution < -0.4 is 4.90 Å². The Balaban J connectivity index is 1.97. The molecule has 3 heteroatoms. The van der Waals surface area contributed by atoms with Gasteiger partial charge < -0.3 is 4.90 Å². The highest BCUT2D eigenvalue weighted by atomic mass is 35.5. The average Bonchev–Trinajstić information content (AvgIpc) is 2.55. The maximum absolute atomic E-state index is 5.98. The van der Waals surface area contributed by atoms with Crippen molar-refractivity contribution in [2.45, 2.75) is 6.54 Å². The zero-order valence-corrected chi connectivity index (χ0v) is 12.2. The summed E-state index contributed by atoms with van der Waals surface area (Å²) < 4.78 is 0. The van der Waals surface area contributed by atoms with Gasteiger partial charge in [0.25, 0.3) is 0 Å². The second-order valence-electron chi connectivity index (χ2n) is 4.68. The van der Waals surface area contributed by atoms with Gasteiger partial charge in [-0.25, -0.2) is 0 Å². The highest BCUT2D eigenvalue weighted by molar-refractivity contribution is 6.30. The molecule has 0 spiro atoms. The van der Waals surface area contributed by atoms with Crippen molar-refractivity contribution >= 4 is 23.0 Å². The van der Waals surface area contributed by atoms with Gasteiger partial charge in [-0.3, -0.25) is 4.98 Å². The van der Waals surface area contributed by atoms with E-state index in [-0.39, 0.29) is 0 Å². The summed E-state index contributed by atoms with van der Waals surface area (Å²) in [5.74, 6) is 0. The molecular weight excluding hydrogens is 280 g/mol. The first kappa shape index (κ1) is 13.7. The normalized spacial score (nSPS) is 10.3. The molecule has 0 fully saturated rings. The molecule has 1 aromatic heterocycles. The van der Waals surface area contributed by atoms with Crippen LogP contribution >= 0.6 is 11.6 Å². The summed E-state index contributed by atoms with van der Waals surface area (Å²) in [6.45, 7) is 0.755. The van der Waals surface area contributed by atoms with Crippen molar-refractivity contribution in [1.29, 1.82) is 0 Å². The molecule has 103 valence electrons. The molecule has 1 heterocycles. The van der Waals surface area contributed by atoms with Gasteiger partial charge in [0.05, 0.1) is 5.69 Å². The topological polar surface area (TPSA) is 16.1 Å². The van der Waals surface area contributed by atoms with Gasteiger partial charge in [0.15, 0.2) is 0 Å². The van der Waals surface area contributed by atoms with Gasteiger partial charge in [-0.1, -0.05) is 41.9 Å². The van der Waals surface area contributed by atoms with Crippen LogP contribution in [-0.4, -0.2) is 4.98 Å². The summed E-state index contributed by atoms with van der Waals surface area (Å²) in [7, 11) is 0. The van der Waals surface area contributed by atoms with Gasteiger partial charge in [-0.2, -0.15) is 0 Å². The molecule has 0 amide bonds. The number of hydrogen-bond donors (Lipinski definition) is 0. The van der Waals surface area contributed by atoms with Crippen molar-refractivity contribution in [2.75, 3.05) is 4.90 Å². The van der Waals surface area contributed by atoms with E-state index in [4.69, 9.17) is 11.6 Å². The molecule has 0 bridgehead atoms. The second kappa shape index (κ2) is 6.42. The van der Waals surface area contributed by atoms with Gasteiger partial charge in [0, 0.05) is 23.5 Å². The molecule has 0 aliphatic carbocycles. The third kappa shape index (κ3) is 3.41. The fraction of sp³-hybridized carbons (Fsp3) is 0.0556. The van der Waals surface area contributed by atoms with Gasteiger partial charge >= 0.3 is 0 Å². The number of nitrogens with zero attached hydrogens (tertiary/aromatic N) is 2. The van der Waals surface area contributed by atoms with E-state index in [0.717, 1.165) is 22.9 Å². The smallest absolute Gasteiger partial charge is 0.114 e. The fourth-order valence-electron chi connectivity index (χ4n) is 2.17. The van der Waals surface area contributed by atoms with E-state index >= 15 is 0 Å². The quantitative estimate of drug-likeness (QED) is 0.682. The highest BCUT2D eigenvalue weighted by Gasteiger charge is 2.10. The van der Waals surface area contributed by atoms with E-state index < -0.39 is 0 Å². The van der Waals surface area contributed by atoms with Crippen molar-refractivity contribution in [2.24, 2.45) is 0 Å². The predicted octanol–water partition coefficient (Wildman–Crippen LogP) is 4.87. The average molecular weight is 294 g/mol. The van der Waals surface area contributed by atoms with Crippen LogP contribution in [0.25, 0.3) is 0 Å². The number of rotatable bonds is 4. The van der Waals surface area contributed by atoms with Crippen LogP contribution in [-0.2, 0) is 6.54 Å². The Kier molecular flexibility index (Phi) is 4.17. The summed E-state index contributed by atoms with van der Waals surface area (Å²) in [5.41, 5.74) is 3.22. The third-order valence-electron chi connectivity index (χ3n) is 3.21. The van der Waals surface area contributed by atoms with Crippen LogP contribution in [0.3, 0.4) is 0 Å². The predicted molar refractivity (Wildman–Crippen MR) is 86.8 cm³/mol. The SMILES string of the molecule is Clc1ccc(N(Cc2ccccc2)c2[c]nccc2)cc1. The first-order valence-corrected chi connectivity index (χ1v) is 7.10. The van der Waals surface area contributed by atoms with Gasteiger partial charge in [0.2, 0.25) is 0 Å². The monoisotopic (exact) mass is 293 g/mol. The summed E-state index contributed by atoms with van der Waals surface area (Å²) in [4.78, 5) is 6.26. The zero-order valence-electron chi connectivity index (χ0n) is 11.4. The summed E-state index contributed by atoms with van der Waals surface area (Å²) in [6, 6.07) is 22.1. The fourth-order valence-corrected chi connectivity index (χ4v) is 2.30. The lowest BCUT2D eigenvalue weighted by atomic mass is 10.2. The molecule has 1 radical (unpaired) electrons. The van der Waals surface area contributed by atoms with Crippen molar-refractivity contribution in [3.63, 3.8) is 0 Å². The number of hydrogen-bond acceptors (Lipinski definition) is 2. The molecular formula is C18H14ClN2. The van der Waals surface area contributed by atoms with Crippen molar-refractivity contribution in [3.05, 3.63) is 89.7 Å². The molecule has 2 aromatic carbocycles. The summed E-state index contributed by atoms with van der Waals surface area (Å²) in [5, 5.41) is 0.730. The molecule has 0 saturated carbocycles. The highest BCUT2D eigenvalue weighted by Crippen LogP contribution is 2.27. The Morgan fingerprint density at radius 2 is 1.67 bits per heavy atom. The summed E-state index contributed by atoms with van der Waals surface area (Å²) in [6.07, 6.45) is 4.77. The molecule has 0 atom stereocenters. The molecule has 0 aliphatic heterocycles. The van der Waals surface area contributed by atoms with E-state index in [0.29, 0.717) is 0 Å². The number of benzene rings is 2. The molecule has 0 saturated heterocycles. The lowest BCUT2D eigenvalue weighted by Crippen LogP contribution is -2.16. The number of anilines is 2. The Labute approximate surface area is 129 Å². The molecule has 3 rings (SSSR count). The zero-order chi connectivity index (χ0) is 14.5. The van der Waals surface area contributed by atoms with Crippen LogP contribution in [0.2, 0.25) is 5.02 Å². The second-order valence-corrected chi connectivity index (χ2v) is 5.12. The van der Waals surface area contributed by atoms with E-state index in [1.54, 1.807) is 6.20 Å². The molecule has 0 aliphatic rings. The van der Waals surface area contributed by atoms with Gasteiger partial charge in [-0.15, -0.1) is 0 Å². The van der Waals surface area contributed by atoms with Gasteiger partial charge in [-0.05, 0) is 42.0 Å². The largest absolute Gasteiger partial charge is 0.335 e. The van der Waals surface area contributed by atoms with Crippen LogP contribution in [0.4, 0.5) is 11.4 Å². The van der Waals surface area contributed by atoms with Crippen LogP contribution in [0.1, 0.15) is 5.56 Å². The lowest BCUT2D eigenvalue weighted by molar-refractivity contribution is 0.967. The van der Waals surface area contributed by atoms with Crippen LogP contribution in [0, 0.1) is 6.20 Å². The van der Waals surface area contributed by atoms with E-state index in [1.807, 2.05) is 54.6 Å². The van der Waals surface area contributed by atoms with Crippen molar-refractivity contribution < 1.29 is 0 Å². The molecule has 0 unspecified atom stereocenters. The Morgan fingerprint density at radius 1 is 0.905 bits per heavy atom. The minimum absolute atomic E-state index is 0.730. The molecule has 2 nitrogen and oxygen atoms in total. The Bertz CT molecular complexity index is 681. The Morgan fingerprint density at radius 3 is 2.33 bits per heavy atom. The summed E-state index contributed by atoms with van der Waals surface area (Å²) >= 11 is 5.98. The van der Waals surface area contributed by atoms with E-state index in [2.05, 4.69) is 28.2 Å². The van der Waals surface area contributed by atoms with Crippen LogP contribution in [0.15, 0.2) is 72.9 Å². The first-order valence-electron chi connectivity index (χ1n) is 6.73. The number of aromatic nitrogens is 1. The standard InChI is InChI=1S/C18H14ClN2/c19-16-8-10-17(11-9-16)21(18-7-4-12-20-13-18)14-15-5-2-1-3-6-15/h1-12H,14H2. The van der Waals surface area contributed by atoms with Crippen LogP contribution in [0.5, 0.6) is 0 Å². The number of halogens is 1. The maximum atomic E-state index is 5.98. The van der Waals surface area contributed by atoms with Gasteiger partial charge in [0.1, 0.15) is 6.20 Å². The van der Waals surface area contributed by atoms with E-state index in [9.17, 15) is 0 Å². The Hall–Kier alpha value is -2.32. The molecule has 0 N–H and O–H groups in total. The first-order chi connectivity index (χ1) is 10.3. The minimum Gasteiger partial charge on any atom is -0.335 e.